The van der Waals surface area contributed by atoms with E-state index < -0.39 is 46.9 Å². The third-order valence-corrected chi connectivity index (χ3v) is 5.45. The van der Waals surface area contributed by atoms with Crippen LogP contribution < -0.4 is 14.8 Å². The summed E-state index contributed by atoms with van der Waals surface area (Å²) in [5, 5.41) is 2.58. The molecule has 0 fully saturated rings. The standard InChI is InChI=1S/C24H24F3NO5/c1-4-33-24(30)20(17-12-15(31-2)7-10-19(17)32-3)13-5-6-14(11-13)28-23(29)16-8-9-18(25)22(27)21(16)26/h5-10,12-14,20H,4,11H2,1-3H3,(H,28,29)/t13-,14-,20+/m1/s1. The first-order chi connectivity index (χ1) is 15.8. The Bertz CT molecular complexity index is 1070. The minimum atomic E-state index is -1.71. The quantitative estimate of drug-likeness (QED) is 0.362. The van der Waals surface area contributed by atoms with Crippen molar-refractivity contribution in [3.63, 3.8) is 0 Å². The molecular formula is C24H24F3NO5. The number of nitrogens with one attached hydrogen (secondary N) is 1. The molecule has 33 heavy (non-hydrogen) atoms. The first-order valence-electron chi connectivity index (χ1n) is 10.3. The van der Waals surface area contributed by atoms with E-state index in [1.165, 1.54) is 14.2 Å². The number of hydrogen-bond donors (Lipinski definition) is 1. The topological polar surface area (TPSA) is 73.9 Å². The number of ether oxygens (including phenoxy) is 3. The van der Waals surface area contributed by atoms with Gasteiger partial charge in [-0.25, -0.2) is 13.2 Å². The molecule has 3 atom stereocenters. The Morgan fingerprint density at radius 2 is 1.82 bits per heavy atom. The zero-order valence-electron chi connectivity index (χ0n) is 18.4. The van der Waals surface area contributed by atoms with Gasteiger partial charge in [0.2, 0.25) is 0 Å². The molecule has 0 aliphatic heterocycles. The average Bonchev–Trinajstić information content (AvgIpc) is 3.25. The highest BCUT2D eigenvalue weighted by atomic mass is 19.2. The molecule has 1 aliphatic rings. The highest BCUT2D eigenvalue weighted by Crippen LogP contribution is 2.40. The van der Waals surface area contributed by atoms with Crippen LogP contribution >= 0.6 is 0 Å². The number of carbonyl (C=O) groups is 2. The Hall–Kier alpha value is -3.49. The predicted molar refractivity (Wildman–Crippen MR) is 114 cm³/mol. The second-order valence-corrected chi connectivity index (χ2v) is 7.42. The smallest absolute Gasteiger partial charge is 0.314 e. The molecule has 0 saturated carbocycles. The van der Waals surface area contributed by atoms with E-state index in [4.69, 9.17) is 14.2 Å². The van der Waals surface area contributed by atoms with Gasteiger partial charge in [0.25, 0.3) is 5.91 Å². The molecule has 2 aromatic carbocycles. The molecule has 0 unspecified atom stereocenters. The van der Waals surface area contributed by atoms with E-state index in [0.717, 1.165) is 6.07 Å². The molecular weight excluding hydrogens is 439 g/mol. The van der Waals surface area contributed by atoms with Crippen LogP contribution in [0.3, 0.4) is 0 Å². The van der Waals surface area contributed by atoms with Crippen molar-refractivity contribution in [3.8, 4) is 11.5 Å². The lowest BCUT2D eigenvalue weighted by Crippen LogP contribution is -2.34. The third kappa shape index (κ3) is 5.13. The fourth-order valence-corrected chi connectivity index (χ4v) is 3.88. The Balaban J connectivity index is 1.83. The third-order valence-electron chi connectivity index (χ3n) is 5.45. The molecule has 0 aromatic heterocycles. The number of allylic oxidation sites excluding steroid dienone is 1. The van der Waals surface area contributed by atoms with Crippen LogP contribution in [0.5, 0.6) is 11.5 Å². The van der Waals surface area contributed by atoms with Gasteiger partial charge < -0.3 is 19.5 Å². The van der Waals surface area contributed by atoms with Gasteiger partial charge in [0.1, 0.15) is 11.5 Å². The summed E-state index contributed by atoms with van der Waals surface area (Å²) in [5.41, 5.74) is -0.0502. The van der Waals surface area contributed by atoms with Crippen molar-refractivity contribution in [2.45, 2.75) is 25.3 Å². The Morgan fingerprint density at radius 3 is 2.48 bits per heavy atom. The monoisotopic (exact) mass is 463 g/mol. The molecule has 1 N–H and O–H groups in total. The van der Waals surface area contributed by atoms with Crippen LogP contribution in [0.2, 0.25) is 0 Å². The zero-order valence-corrected chi connectivity index (χ0v) is 18.4. The molecule has 0 bridgehead atoms. The maximum atomic E-state index is 14.0. The van der Waals surface area contributed by atoms with Gasteiger partial charge in [-0.1, -0.05) is 12.2 Å². The van der Waals surface area contributed by atoms with Crippen molar-refractivity contribution in [3.05, 3.63) is 71.1 Å². The number of rotatable bonds is 8. The highest BCUT2D eigenvalue weighted by molar-refractivity contribution is 5.94. The molecule has 176 valence electrons. The van der Waals surface area contributed by atoms with Gasteiger partial charge in [0.05, 0.1) is 32.3 Å². The molecule has 0 spiro atoms. The lowest BCUT2D eigenvalue weighted by Gasteiger charge is -2.24. The van der Waals surface area contributed by atoms with Crippen LogP contribution in [-0.2, 0) is 9.53 Å². The summed E-state index contributed by atoms with van der Waals surface area (Å²) in [6, 6.07) is 6.08. The fraction of sp³-hybridized carbons (Fsp3) is 0.333. The number of hydrogen-bond acceptors (Lipinski definition) is 5. The summed E-state index contributed by atoms with van der Waals surface area (Å²) in [5.74, 6) is -6.16. The summed E-state index contributed by atoms with van der Waals surface area (Å²) in [6.45, 7) is 1.87. The molecule has 1 amide bonds. The largest absolute Gasteiger partial charge is 0.497 e. The van der Waals surface area contributed by atoms with Gasteiger partial charge in [-0.2, -0.15) is 0 Å². The second kappa shape index (κ2) is 10.4. The second-order valence-electron chi connectivity index (χ2n) is 7.42. The van der Waals surface area contributed by atoms with Crippen LogP contribution in [0.4, 0.5) is 13.2 Å². The highest BCUT2D eigenvalue weighted by Gasteiger charge is 2.36. The van der Waals surface area contributed by atoms with Gasteiger partial charge in [-0.05, 0) is 49.6 Å². The van der Waals surface area contributed by atoms with Gasteiger partial charge in [0.15, 0.2) is 17.5 Å². The van der Waals surface area contributed by atoms with E-state index in [9.17, 15) is 22.8 Å². The minimum absolute atomic E-state index is 0.174. The van der Waals surface area contributed by atoms with Crippen molar-refractivity contribution >= 4 is 11.9 Å². The van der Waals surface area contributed by atoms with Crippen LogP contribution in [0, 0.1) is 23.4 Å². The van der Waals surface area contributed by atoms with E-state index in [-0.39, 0.29) is 12.5 Å². The number of methoxy groups -OCH3 is 2. The average molecular weight is 463 g/mol. The first kappa shape index (κ1) is 24.2. The van der Waals surface area contributed by atoms with Gasteiger partial charge in [0, 0.05) is 11.6 Å². The predicted octanol–water partition coefficient (Wildman–Crippen LogP) is 4.14. The van der Waals surface area contributed by atoms with Gasteiger partial charge in [-0.3, -0.25) is 9.59 Å². The molecule has 0 radical (unpaired) electrons. The molecule has 1 aliphatic carbocycles. The van der Waals surface area contributed by atoms with E-state index in [1.54, 1.807) is 37.3 Å². The van der Waals surface area contributed by atoms with Gasteiger partial charge in [-0.15, -0.1) is 0 Å². The van der Waals surface area contributed by atoms with Crippen LogP contribution in [-0.4, -0.2) is 38.7 Å². The van der Waals surface area contributed by atoms with E-state index >= 15 is 0 Å². The SMILES string of the molecule is CCOC(=O)[C@H](c1cc(OC)ccc1OC)[C@@H]1C=C[C@@H](NC(=O)c2ccc(F)c(F)c2F)C1. The number of carbonyl (C=O) groups excluding carboxylic acids is 2. The molecule has 0 saturated heterocycles. The van der Waals surface area contributed by atoms with Crippen molar-refractivity contribution < 1.29 is 37.0 Å². The van der Waals surface area contributed by atoms with Crippen molar-refractivity contribution in [2.75, 3.05) is 20.8 Å². The first-order valence-corrected chi connectivity index (χ1v) is 10.3. The fourth-order valence-electron chi connectivity index (χ4n) is 3.88. The molecule has 6 nitrogen and oxygen atoms in total. The molecule has 9 heteroatoms. The number of halogens is 3. The van der Waals surface area contributed by atoms with Crippen LogP contribution in [0.1, 0.15) is 35.2 Å². The Morgan fingerprint density at radius 1 is 1.06 bits per heavy atom. The number of esters is 1. The summed E-state index contributed by atoms with van der Waals surface area (Å²) in [7, 11) is 2.99. The zero-order chi connectivity index (χ0) is 24.1. The van der Waals surface area contributed by atoms with Crippen molar-refractivity contribution in [2.24, 2.45) is 5.92 Å². The lowest BCUT2D eigenvalue weighted by atomic mass is 9.84. The van der Waals surface area contributed by atoms with Crippen molar-refractivity contribution in [1.29, 1.82) is 0 Å². The minimum Gasteiger partial charge on any atom is -0.497 e. The van der Waals surface area contributed by atoms with E-state index in [2.05, 4.69) is 5.32 Å². The summed E-state index contributed by atoms with van der Waals surface area (Å²) < 4.78 is 56.6. The van der Waals surface area contributed by atoms with Crippen LogP contribution in [0.15, 0.2) is 42.5 Å². The molecule has 2 aromatic rings. The Labute approximate surface area is 189 Å². The summed E-state index contributed by atoms with van der Waals surface area (Å²) in [6.07, 6.45) is 3.72. The molecule has 0 heterocycles. The van der Waals surface area contributed by atoms with Gasteiger partial charge >= 0.3 is 5.97 Å². The van der Waals surface area contributed by atoms with Crippen molar-refractivity contribution in [1.82, 2.24) is 5.32 Å². The Kier molecular flexibility index (Phi) is 7.63. The van der Waals surface area contributed by atoms with E-state index in [0.29, 0.717) is 29.5 Å². The normalized spacial score (nSPS) is 18.0. The molecule has 3 rings (SSSR count). The summed E-state index contributed by atoms with van der Waals surface area (Å²) in [4.78, 5) is 25.3. The summed E-state index contributed by atoms with van der Waals surface area (Å²) >= 11 is 0. The van der Waals surface area contributed by atoms with E-state index in [1.807, 2.05) is 0 Å². The lowest BCUT2D eigenvalue weighted by molar-refractivity contribution is -0.146. The number of amides is 1. The number of benzene rings is 2. The van der Waals surface area contributed by atoms with Crippen LogP contribution in [0.25, 0.3) is 0 Å². The maximum Gasteiger partial charge on any atom is 0.314 e. The maximum absolute atomic E-state index is 14.0.